The Balaban J connectivity index is 1.89. The number of hydrogen-bond donors (Lipinski definition) is 2. The summed E-state index contributed by atoms with van der Waals surface area (Å²) in [5, 5.41) is 7.32. The predicted octanol–water partition coefficient (Wildman–Crippen LogP) is 4.56. The van der Waals surface area contributed by atoms with Crippen molar-refractivity contribution >= 4 is 33.3 Å². The Labute approximate surface area is 140 Å². The number of nitrogens with one attached hydrogen (secondary N) is 2. The zero-order chi connectivity index (χ0) is 15.1. The van der Waals surface area contributed by atoms with E-state index in [0.717, 1.165) is 17.4 Å². The molecule has 1 atom stereocenters. The van der Waals surface area contributed by atoms with E-state index in [0.29, 0.717) is 5.11 Å². The molecule has 4 heteroatoms. The number of hydrogen-bond acceptors (Lipinski definition) is 1. The van der Waals surface area contributed by atoms with Crippen molar-refractivity contribution in [3.8, 4) is 0 Å². The largest absolute Gasteiger partial charge is 0.359 e. The van der Waals surface area contributed by atoms with E-state index in [4.69, 9.17) is 12.2 Å². The van der Waals surface area contributed by atoms with Crippen LogP contribution in [-0.4, -0.2) is 5.11 Å². The smallest absolute Gasteiger partial charge is 0.167 e. The van der Waals surface area contributed by atoms with Gasteiger partial charge in [0, 0.05) is 11.0 Å². The van der Waals surface area contributed by atoms with Crippen LogP contribution in [0, 0.1) is 0 Å². The Morgan fingerprint density at radius 3 is 2.38 bits per heavy atom. The van der Waals surface area contributed by atoms with Crippen LogP contribution >= 0.6 is 28.1 Å². The summed E-state index contributed by atoms with van der Waals surface area (Å²) in [6, 6.07) is 18.8. The van der Waals surface area contributed by atoms with E-state index < -0.39 is 0 Å². The number of rotatable bonds is 5. The zero-order valence-electron chi connectivity index (χ0n) is 12.0. The summed E-state index contributed by atoms with van der Waals surface area (Å²) in [4.78, 5) is 0. The minimum Gasteiger partial charge on any atom is -0.359 e. The predicted molar refractivity (Wildman–Crippen MR) is 96.2 cm³/mol. The zero-order valence-corrected chi connectivity index (χ0v) is 14.4. The van der Waals surface area contributed by atoms with Gasteiger partial charge in [-0.25, -0.2) is 0 Å². The van der Waals surface area contributed by atoms with Crippen LogP contribution in [0.2, 0.25) is 0 Å². The molecule has 0 bridgehead atoms. The van der Waals surface area contributed by atoms with Crippen molar-refractivity contribution in [2.24, 2.45) is 0 Å². The third-order valence-electron chi connectivity index (χ3n) is 3.28. The van der Waals surface area contributed by atoms with Gasteiger partial charge in [0.25, 0.3) is 0 Å². The Bertz CT molecular complexity index is 569. The first-order valence-electron chi connectivity index (χ1n) is 7.02. The maximum absolute atomic E-state index is 5.39. The van der Waals surface area contributed by atoms with Crippen LogP contribution in [0.25, 0.3) is 0 Å². The molecule has 0 heterocycles. The summed E-state index contributed by atoms with van der Waals surface area (Å²) in [7, 11) is 0. The second kappa shape index (κ2) is 8.15. The van der Waals surface area contributed by atoms with E-state index >= 15 is 0 Å². The van der Waals surface area contributed by atoms with Gasteiger partial charge < -0.3 is 10.6 Å². The van der Waals surface area contributed by atoms with Crippen molar-refractivity contribution < 1.29 is 0 Å². The van der Waals surface area contributed by atoms with Gasteiger partial charge in [-0.2, -0.15) is 0 Å². The summed E-state index contributed by atoms with van der Waals surface area (Å²) in [6.45, 7) is 2.89. The highest BCUT2D eigenvalue weighted by Gasteiger charge is 2.10. The second-order valence-electron chi connectivity index (χ2n) is 4.82. The topological polar surface area (TPSA) is 24.1 Å². The van der Waals surface area contributed by atoms with Gasteiger partial charge in [0.2, 0.25) is 0 Å². The van der Waals surface area contributed by atoms with Crippen molar-refractivity contribution in [2.45, 2.75) is 25.9 Å². The Hall–Kier alpha value is -1.39. The van der Waals surface area contributed by atoms with E-state index in [1.807, 2.05) is 18.2 Å². The molecule has 2 N–H and O–H groups in total. The van der Waals surface area contributed by atoms with Crippen LogP contribution < -0.4 is 10.6 Å². The lowest BCUT2D eigenvalue weighted by atomic mass is 10.1. The molecule has 2 aromatic carbocycles. The van der Waals surface area contributed by atoms with Crippen molar-refractivity contribution in [3.05, 3.63) is 70.2 Å². The fourth-order valence-corrected chi connectivity index (χ4v) is 2.58. The normalized spacial score (nSPS) is 11.7. The van der Waals surface area contributed by atoms with E-state index in [9.17, 15) is 0 Å². The highest BCUT2D eigenvalue weighted by molar-refractivity contribution is 9.10. The van der Waals surface area contributed by atoms with Gasteiger partial charge in [0.1, 0.15) is 0 Å². The van der Waals surface area contributed by atoms with Crippen molar-refractivity contribution in [1.29, 1.82) is 0 Å². The summed E-state index contributed by atoms with van der Waals surface area (Å²) in [5.74, 6) is 0. The minimum atomic E-state index is 0.230. The van der Waals surface area contributed by atoms with Gasteiger partial charge in [0.15, 0.2) is 5.11 Å². The van der Waals surface area contributed by atoms with Gasteiger partial charge in [0.05, 0.1) is 6.04 Å². The lowest BCUT2D eigenvalue weighted by Crippen LogP contribution is -2.37. The van der Waals surface area contributed by atoms with Crippen LogP contribution in [0.1, 0.15) is 30.5 Å². The molecule has 0 aliphatic rings. The van der Waals surface area contributed by atoms with Crippen molar-refractivity contribution in [2.75, 3.05) is 0 Å². The number of halogens is 1. The van der Waals surface area contributed by atoms with E-state index in [1.54, 1.807) is 0 Å². The van der Waals surface area contributed by atoms with Crippen molar-refractivity contribution in [1.82, 2.24) is 10.6 Å². The quantitative estimate of drug-likeness (QED) is 0.762. The van der Waals surface area contributed by atoms with Crippen LogP contribution in [-0.2, 0) is 6.54 Å². The maximum Gasteiger partial charge on any atom is 0.167 e. The Kier molecular flexibility index (Phi) is 6.21. The second-order valence-corrected chi connectivity index (χ2v) is 6.15. The molecule has 21 heavy (non-hydrogen) atoms. The molecule has 110 valence electrons. The first kappa shape index (κ1) is 16.0. The standard InChI is InChI=1S/C17H19BrN2S/c1-2-16(14-8-10-15(18)11-9-14)20-17(21)19-12-13-6-4-3-5-7-13/h3-11,16H,2,12H2,1H3,(H2,19,20,21)/t16-/m0/s1. The lowest BCUT2D eigenvalue weighted by Gasteiger charge is -2.20. The SMILES string of the molecule is CC[C@H](NC(=S)NCc1ccccc1)c1ccc(Br)cc1. The van der Waals surface area contributed by atoms with Gasteiger partial charge in [-0.1, -0.05) is 65.3 Å². The van der Waals surface area contributed by atoms with Crippen molar-refractivity contribution in [3.63, 3.8) is 0 Å². The highest BCUT2D eigenvalue weighted by atomic mass is 79.9. The Morgan fingerprint density at radius 2 is 1.76 bits per heavy atom. The van der Waals surface area contributed by atoms with Gasteiger partial charge in [-0.05, 0) is 41.9 Å². The molecule has 2 rings (SSSR count). The number of benzene rings is 2. The minimum absolute atomic E-state index is 0.230. The van der Waals surface area contributed by atoms with Crippen LogP contribution in [0.4, 0.5) is 0 Å². The molecular weight excluding hydrogens is 344 g/mol. The van der Waals surface area contributed by atoms with Crippen LogP contribution in [0.5, 0.6) is 0 Å². The summed E-state index contributed by atoms with van der Waals surface area (Å²) < 4.78 is 1.09. The lowest BCUT2D eigenvalue weighted by molar-refractivity contribution is 0.616. The molecule has 0 saturated carbocycles. The molecule has 0 spiro atoms. The van der Waals surface area contributed by atoms with Gasteiger partial charge in [-0.3, -0.25) is 0 Å². The summed E-state index contributed by atoms with van der Waals surface area (Å²) >= 11 is 8.85. The van der Waals surface area contributed by atoms with E-state index in [2.05, 4.69) is 69.9 Å². The molecule has 0 aliphatic carbocycles. The molecule has 2 nitrogen and oxygen atoms in total. The monoisotopic (exact) mass is 362 g/mol. The fraction of sp³-hybridized carbons (Fsp3) is 0.235. The molecule has 2 aromatic rings. The van der Waals surface area contributed by atoms with Crippen LogP contribution in [0.3, 0.4) is 0 Å². The molecular formula is C17H19BrN2S. The average molecular weight is 363 g/mol. The third kappa shape index (κ3) is 5.14. The van der Waals surface area contributed by atoms with Gasteiger partial charge in [-0.15, -0.1) is 0 Å². The third-order valence-corrected chi connectivity index (χ3v) is 4.07. The molecule has 0 saturated heterocycles. The summed E-state index contributed by atoms with van der Waals surface area (Å²) in [6.07, 6.45) is 0.981. The molecule has 0 amide bonds. The van der Waals surface area contributed by atoms with E-state index in [1.165, 1.54) is 11.1 Å². The maximum atomic E-state index is 5.39. The Morgan fingerprint density at radius 1 is 1.10 bits per heavy atom. The highest BCUT2D eigenvalue weighted by Crippen LogP contribution is 2.19. The molecule has 0 aliphatic heterocycles. The molecule has 0 aromatic heterocycles. The summed E-state index contributed by atoms with van der Waals surface area (Å²) in [5.41, 5.74) is 2.46. The first-order valence-corrected chi connectivity index (χ1v) is 8.23. The van der Waals surface area contributed by atoms with E-state index in [-0.39, 0.29) is 6.04 Å². The average Bonchev–Trinajstić information content (AvgIpc) is 2.52. The molecule has 0 fully saturated rings. The fourth-order valence-electron chi connectivity index (χ4n) is 2.10. The van der Waals surface area contributed by atoms with Crippen LogP contribution in [0.15, 0.2) is 59.1 Å². The van der Waals surface area contributed by atoms with Gasteiger partial charge >= 0.3 is 0 Å². The number of thiocarbonyl (C=S) groups is 1. The molecule has 0 unspecified atom stereocenters. The first-order chi connectivity index (χ1) is 10.2. The molecule has 0 radical (unpaired) electrons.